The molecule has 0 amide bonds. The van der Waals surface area contributed by atoms with Gasteiger partial charge < -0.3 is 5.11 Å². The van der Waals surface area contributed by atoms with Crippen molar-refractivity contribution in [3.8, 4) is 0 Å². The highest BCUT2D eigenvalue weighted by atomic mass is 32.2. The molecule has 1 aliphatic heterocycles. The van der Waals surface area contributed by atoms with Gasteiger partial charge in [-0.1, -0.05) is 0 Å². The zero-order valence-electron chi connectivity index (χ0n) is 11.0. The van der Waals surface area contributed by atoms with E-state index in [0.717, 1.165) is 6.07 Å². The lowest BCUT2D eigenvalue weighted by Gasteiger charge is -2.35. The van der Waals surface area contributed by atoms with Crippen LogP contribution in [0.5, 0.6) is 0 Å². The molecule has 2 rings (SSSR count). The van der Waals surface area contributed by atoms with E-state index in [0.29, 0.717) is 24.9 Å². The van der Waals surface area contributed by atoms with Crippen molar-refractivity contribution < 1.29 is 17.9 Å². The van der Waals surface area contributed by atoms with Gasteiger partial charge in [0.2, 0.25) is 10.0 Å². The van der Waals surface area contributed by atoms with Crippen LogP contribution in [0.2, 0.25) is 0 Å². The zero-order valence-corrected chi connectivity index (χ0v) is 11.8. The second-order valence-corrected chi connectivity index (χ2v) is 6.91. The average molecular weight is 287 g/mol. The number of hydrogen-bond acceptors (Lipinski definition) is 3. The SMILES string of the molecule is Cc1cc(F)ccc1S(=O)(=O)N1CC[C@H](O)C[C@@H]1C. The third-order valence-electron chi connectivity index (χ3n) is 3.51. The maximum Gasteiger partial charge on any atom is 0.243 e. The van der Waals surface area contributed by atoms with Gasteiger partial charge in [0.05, 0.1) is 11.0 Å². The first-order chi connectivity index (χ1) is 8.82. The number of nitrogens with zero attached hydrogens (tertiary/aromatic N) is 1. The van der Waals surface area contributed by atoms with E-state index in [9.17, 15) is 17.9 Å². The summed E-state index contributed by atoms with van der Waals surface area (Å²) in [4.78, 5) is 0.136. The van der Waals surface area contributed by atoms with Crippen LogP contribution in [0.25, 0.3) is 0 Å². The van der Waals surface area contributed by atoms with Gasteiger partial charge >= 0.3 is 0 Å². The Balaban J connectivity index is 2.37. The zero-order chi connectivity index (χ0) is 14.2. The summed E-state index contributed by atoms with van der Waals surface area (Å²) in [6.45, 7) is 3.65. The molecule has 0 aliphatic carbocycles. The van der Waals surface area contributed by atoms with Gasteiger partial charge in [-0.3, -0.25) is 0 Å². The molecule has 1 aromatic carbocycles. The minimum atomic E-state index is -3.63. The largest absolute Gasteiger partial charge is 0.393 e. The molecule has 1 heterocycles. The van der Waals surface area contributed by atoms with Gasteiger partial charge in [0, 0.05) is 12.6 Å². The fraction of sp³-hybridized carbons (Fsp3) is 0.538. The lowest BCUT2D eigenvalue weighted by molar-refractivity contribution is 0.0867. The summed E-state index contributed by atoms with van der Waals surface area (Å²) in [5.41, 5.74) is 0.401. The van der Waals surface area contributed by atoms with Crippen LogP contribution in [0, 0.1) is 12.7 Å². The normalized spacial score (nSPS) is 25.5. The minimum absolute atomic E-state index is 0.136. The van der Waals surface area contributed by atoms with E-state index < -0.39 is 21.9 Å². The number of aliphatic hydroxyl groups is 1. The molecule has 1 fully saturated rings. The van der Waals surface area contributed by atoms with Crippen LogP contribution in [0.15, 0.2) is 23.1 Å². The molecule has 1 aromatic rings. The number of benzene rings is 1. The van der Waals surface area contributed by atoms with E-state index in [2.05, 4.69) is 0 Å². The molecule has 1 aliphatic rings. The number of aliphatic hydroxyl groups excluding tert-OH is 1. The van der Waals surface area contributed by atoms with E-state index in [1.54, 1.807) is 13.8 Å². The molecule has 4 nitrogen and oxygen atoms in total. The molecule has 1 N–H and O–H groups in total. The van der Waals surface area contributed by atoms with Gasteiger partial charge in [0.15, 0.2) is 0 Å². The van der Waals surface area contributed by atoms with Crippen LogP contribution in [0.3, 0.4) is 0 Å². The molecule has 0 saturated carbocycles. The van der Waals surface area contributed by atoms with Crippen molar-refractivity contribution in [1.82, 2.24) is 4.31 Å². The Labute approximate surface area is 112 Å². The molecular weight excluding hydrogens is 269 g/mol. The lowest BCUT2D eigenvalue weighted by Crippen LogP contribution is -2.46. The van der Waals surface area contributed by atoms with Crippen LogP contribution < -0.4 is 0 Å². The van der Waals surface area contributed by atoms with Gasteiger partial charge in [-0.25, -0.2) is 12.8 Å². The highest BCUT2D eigenvalue weighted by Crippen LogP contribution is 2.27. The van der Waals surface area contributed by atoms with E-state index in [-0.39, 0.29) is 10.9 Å². The second-order valence-electron chi connectivity index (χ2n) is 5.05. The van der Waals surface area contributed by atoms with Gasteiger partial charge in [0.25, 0.3) is 0 Å². The van der Waals surface area contributed by atoms with Crippen molar-refractivity contribution in [3.63, 3.8) is 0 Å². The number of aryl methyl sites for hydroxylation is 1. The van der Waals surface area contributed by atoms with Gasteiger partial charge in [-0.05, 0) is 50.5 Å². The van der Waals surface area contributed by atoms with Gasteiger partial charge in [-0.15, -0.1) is 0 Å². The molecule has 19 heavy (non-hydrogen) atoms. The van der Waals surface area contributed by atoms with Crippen LogP contribution >= 0.6 is 0 Å². The standard InChI is InChI=1S/C13H18FNO3S/c1-9-7-11(14)3-4-13(9)19(17,18)15-6-5-12(16)8-10(15)2/h3-4,7,10,12,16H,5-6,8H2,1-2H3/t10-,12-/m0/s1. The molecule has 0 radical (unpaired) electrons. The third-order valence-corrected chi connectivity index (χ3v) is 5.68. The minimum Gasteiger partial charge on any atom is -0.393 e. The highest BCUT2D eigenvalue weighted by Gasteiger charge is 2.34. The fourth-order valence-corrected chi connectivity index (χ4v) is 4.38. The van der Waals surface area contributed by atoms with Crippen molar-refractivity contribution in [1.29, 1.82) is 0 Å². The summed E-state index contributed by atoms with van der Waals surface area (Å²) in [6.07, 6.45) is 0.416. The van der Waals surface area contributed by atoms with Crippen molar-refractivity contribution >= 4 is 10.0 Å². The van der Waals surface area contributed by atoms with Crippen molar-refractivity contribution in [3.05, 3.63) is 29.6 Å². The molecular formula is C13H18FNO3S. The van der Waals surface area contributed by atoms with E-state index >= 15 is 0 Å². The smallest absolute Gasteiger partial charge is 0.243 e. The number of halogens is 1. The number of hydrogen-bond donors (Lipinski definition) is 1. The Kier molecular flexibility index (Phi) is 3.94. The summed E-state index contributed by atoms with van der Waals surface area (Å²) in [5, 5.41) is 9.55. The summed E-state index contributed by atoms with van der Waals surface area (Å²) >= 11 is 0. The Morgan fingerprint density at radius 3 is 2.68 bits per heavy atom. The Bertz CT molecular complexity index is 573. The van der Waals surface area contributed by atoms with Crippen molar-refractivity contribution in [2.24, 2.45) is 0 Å². The molecule has 0 unspecified atom stereocenters. The second kappa shape index (κ2) is 5.19. The van der Waals surface area contributed by atoms with Crippen LogP contribution in [-0.4, -0.2) is 36.5 Å². The third kappa shape index (κ3) is 2.80. The van der Waals surface area contributed by atoms with E-state index in [1.165, 1.54) is 16.4 Å². The summed E-state index contributed by atoms with van der Waals surface area (Å²) < 4.78 is 39.6. The molecule has 1 saturated heterocycles. The molecule has 106 valence electrons. The first-order valence-electron chi connectivity index (χ1n) is 6.28. The predicted molar refractivity (Wildman–Crippen MR) is 69.7 cm³/mol. The quantitative estimate of drug-likeness (QED) is 0.900. The number of sulfonamides is 1. The summed E-state index contributed by atoms with van der Waals surface area (Å²) in [5.74, 6) is -0.446. The van der Waals surface area contributed by atoms with Crippen molar-refractivity contribution in [2.45, 2.75) is 43.7 Å². The van der Waals surface area contributed by atoms with E-state index in [1.807, 2.05) is 0 Å². The van der Waals surface area contributed by atoms with Gasteiger partial charge in [0.1, 0.15) is 5.82 Å². The molecule has 0 spiro atoms. The summed E-state index contributed by atoms with van der Waals surface area (Å²) in [7, 11) is -3.63. The number of rotatable bonds is 2. The first-order valence-corrected chi connectivity index (χ1v) is 7.72. The molecule has 6 heteroatoms. The van der Waals surface area contributed by atoms with Crippen LogP contribution in [0.1, 0.15) is 25.3 Å². The fourth-order valence-electron chi connectivity index (χ4n) is 2.51. The number of piperidine rings is 1. The lowest BCUT2D eigenvalue weighted by atomic mass is 10.0. The molecule has 2 atom stereocenters. The monoisotopic (exact) mass is 287 g/mol. The van der Waals surface area contributed by atoms with E-state index in [4.69, 9.17) is 0 Å². The van der Waals surface area contributed by atoms with Crippen molar-refractivity contribution in [2.75, 3.05) is 6.54 Å². The van der Waals surface area contributed by atoms with Gasteiger partial charge in [-0.2, -0.15) is 4.31 Å². The molecule has 0 bridgehead atoms. The maximum atomic E-state index is 13.1. The first kappa shape index (κ1) is 14.4. The average Bonchev–Trinajstić information content (AvgIpc) is 2.27. The maximum absolute atomic E-state index is 13.1. The van der Waals surface area contributed by atoms with Crippen LogP contribution in [-0.2, 0) is 10.0 Å². The summed E-state index contributed by atoms with van der Waals surface area (Å²) in [6, 6.07) is 3.43. The van der Waals surface area contributed by atoms with Crippen LogP contribution in [0.4, 0.5) is 4.39 Å². The highest BCUT2D eigenvalue weighted by molar-refractivity contribution is 7.89. The topological polar surface area (TPSA) is 57.6 Å². The Hall–Kier alpha value is -0.980. The Morgan fingerprint density at radius 2 is 2.11 bits per heavy atom. The Morgan fingerprint density at radius 1 is 1.42 bits per heavy atom. The predicted octanol–water partition coefficient (Wildman–Crippen LogP) is 1.67. The molecule has 0 aromatic heterocycles.